The van der Waals surface area contributed by atoms with Crippen molar-refractivity contribution in [2.24, 2.45) is 5.92 Å². The maximum absolute atomic E-state index is 9.41. The molecule has 0 aromatic rings. The fourth-order valence-electron chi connectivity index (χ4n) is 2.21. The largest absolute Gasteiger partial charge is 0.391 e. The minimum atomic E-state index is -0.348. The minimum Gasteiger partial charge on any atom is -0.391 e. The van der Waals surface area contributed by atoms with E-state index in [1.54, 1.807) is 0 Å². The summed E-state index contributed by atoms with van der Waals surface area (Å²) >= 11 is 5.57. The second kappa shape index (κ2) is 6.65. The van der Waals surface area contributed by atoms with Crippen LogP contribution in [0.1, 0.15) is 32.6 Å². The third-order valence-electron chi connectivity index (χ3n) is 3.05. The van der Waals surface area contributed by atoms with E-state index >= 15 is 0 Å². The summed E-state index contributed by atoms with van der Waals surface area (Å²) in [4.78, 5) is 2.33. The van der Waals surface area contributed by atoms with Crippen molar-refractivity contribution >= 4 is 11.6 Å². The summed E-state index contributed by atoms with van der Waals surface area (Å²) in [5, 5.41) is 9.41. The van der Waals surface area contributed by atoms with Gasteiger partial charge in [-0.2, -0.15) is 0 Å². The molecular weight excluding hydrogens is 198 g/mol. The van der Waals surface area contributed by atoms with E-state index in [4.69, 9.17) is 11.6 Å². The molecule has 0 spiro atoms. The van der Waals surface area contributed by atoms with Crippen molar-refractivity contribution in [3.63, 3.8) is 0 Å². The first kappa shape index (κ1) is 12.3. The summed E-state index contributed by atoms with van der Waals surface area (Å²) in [5.74, 6) is 1.28. The highest BCUT2D eigenvalue weighted by atomic mass is 35.5. The fraction of sp³-hybridized carbons (Fsp3) is 1.00. The molecule has 1 atom stereocenters. The van der Waals surface area contributed by atoms with E-state index in [9.17, 15) is 5.11 Å². The molecule has 84 valence electrons. The quantitative estimate of drug-likeness (QED) is 0.716. The van der Waals surface area contributed by atoms with Crippen LogP contribution in [0, 0.1) is 5.92 Å². The van der Waals surface area contributed by atoms with Gasteiger partial charge in [-0.05, 0) is 31.8 Å². The van der Waals surface area contributed by atoms with Crippen LogP contribution in [0.5, 0.6) is 0 Å². The molecule has 1 N–H and O–H groups in total. The van der Waals surface area contributed by atoms with Crippen LogP contribution < -0.4 is 0 Å². The van der Waals surface area contributed by atoms with Gasteiger partial charge in [0, 0.05) is 12.4 Å². The minimum absolute atomic E-state index is 0.348. The first-order chi connectivity index (χ1) is 6.76. The molecule has 1 rings (SSSR count). The smallest absolute Gasteiger partial charge is 0.0802 e. The van der Waals surface area contributed by atoms with Crippen molar-refractivity contribution < 1.29 is 5.11 Å². The molecule has 1 saturated heterocycles. The number of piperidine rings is 1. The van der Waals surface area contributed by atoms with Crippen molar-refractivity contribution in [3.05, 3.63) is 0 Å². The summed E-state index contributed by atoms with van der Waals surface area (Å²) in [7, 11) is 0. The lowest BCUT2D eigenvalue weighted by molar-refractivity contribution is 0.100. The second-order valence-electron chi connectivity index (χ2n) is 4.34. The fourth-order valence-corrected chi connectivity index (χ4v) is 2.31. The normalized spacial score (nSPS) is 22.5. The van der Waals surface area contributed by atoms with E-state index in [-0.39, 0.29) is 6.10 Å². The van der Waals surface area contributed by atoms with E-state index in [0.717, 1.165) is 25.6 Å². The Hall–Kier alpha value is 0.210. The van der Waals surface area contributed by atoms with Crippen molar-refractivity contribution in [3.8, 4) is 0 Å². The van der Waals surface area contributed by atoms with Crippen molar-refractivity contribution in [1.29, 1.82) is 0 Å². The Kier molecular flexibility index (Phi) is 5.83. The summed E-state index contributed by atoms with van der Waals surface area (Å²) in [6, 6.07) is 0. The molecular formula is C11H22ClNO. The van der Waals surface area contributed by atoms with Gasteiger partial charge >= 0.3 is 0 Å². The Balaban J connectivity index is 2.15. The Labute approximate surface area is 92.2 Å². The molecule has 1 unspecified atom stereocenters. The van der Waals surface area contributed by atoms with Gasteiger partial charge in [-0.15, -0.1) is 11.6 Å². The van der Waals surface area contributed by atoms with Crippen LogP contribution in [0.4, 0.5) is 0 Å². The van der Waals surface area contributed by atoms with Crippen LogP contribution in [0.15, 0.2) is 0 Å². The van der Waals surface area contributed by atoms with Gasteiger partial charge in [-0.1, -0.05) is 19.8 Å². The number of hydrogen-bond donors (Lipinski definition) is 1. The van der Waals surface area contributed by atoms with Gasteiger partial charge in [-0.3, -0.25) is 0 Å². The van der Waals surface area contributed by atoms with E-state index in [1.807, 2.05) is 0 Å². The average molecular weight is 220 g/mol. The van der Waals surface area contributed by atoms with Crippen molar-refractivity contribution in [1.82, 2.24) is 4.90 Å². The predicted octanol–water partition coefficient (Wildman–Crippen LogP) is 2.10. The third-order valence-corrected chi connectivity index (χ3v) is 3.41. The zero-order chi connectivity index (χ0) is 10.4. The zero-order valence-electron chi connectivity index (χ0n) is 9.08. The van der Waals surface area contributed by atoms with E-state index < -0.39 is 0 Å². The topological polar surface area (TPSA) is 23.5 Å². The number of rotatable bonds is 5. The predicted molar refractivity (Wildman–Crippen MR) is 60.8 cm³/mol. The van der Waals surface area contributed by atoms with Crippen LogP contribution in [0.25, 0.3) is 0 Å². The number of likely N-dealkylation sites (tertiary alicyclic amines) is 1. The number of alkyl halides is 1. The molecule has 1 fully saturated rings. The molecule has 1 aliphatic rings. The Morgan fingerprint density at radius 2 is 2.07 bits per heavy atom. The highest BCUT2D eigenvalue weighted by molar-refractivity contribution is 6.18. The van der Waals surface area contributed by atoms with Crippen LogP contribution in [0.2, 0.25) is 0 Å². The van der Waals surface area contributed by atoms with Crippen LogP contribution >= 0.6 is 11.6 Å². The first-order valence-electron chi connectivity index (χ1n) is 5.72. The SMILES string of the molecule is CCCC1CCN(CC(O)CCl)CC1. The second-order valence-corrected chi connectivity index (χ2v) is 4.65. The van der Waals surface area contributed by atoms with Crippen molar-refractivity contribution in [2.45, 2.75) is 38.7 Å². The molecule has 14 heavy (non-hydrogen) atoms. The standard InChI is InChI=1S/C11H22ClNO/c1-2-3-10-4-6-13(7-5-10)9-11(14)8-12/h10-11,14H,2-9H2,1H3. The van der Waals surface area contributed by atoms with Gasteiger partial charge in [0.05, 0.1) is 6.10 Å². The Morgan fingerprint density at radius 1 is 1.43 bits per heavy atom. The first-order valence-corrected chi connectivity index (χ1v) is 6.26. The number of aliphatic hydroxyl groups is 1. The lowest BCUT2D eigenvalue weighted by atomic mass is 9.92. The van der Waals surface area contributed by atoms with Gasteiger partial charge in [-0.25, -0.2) is 0 Å². The monoisotopic (exact) mass is 219 g/mol. The Bertz CT molecular complexity index is 146. The lowest BCUT2D eigenvalue weighted by Gasteiger charge is -2.32. The number of aliphatic hydroxyl groups excluding tert-OH is 1. The average Bonchev–Trinajstić information content (AvgIpc) is 2.21. The van der Waals surface area contributed by atoms with E-state index in [2.05, 4.69) is 11.8 Å². The molecule has 2 nitrogen and oxygen atoms in total. The highest BCUT2D eigenvalue weighted by Gasteiger charge is 2.19. The zero-order valence-corrected chi connectivity index (χ0v) is 9.84. The number of nitrogens with zero attached hydrogens (tertiary/aromatic N) is 1. The van der Waals surface area contributed by atoms with Gasteiger partial charge in [0.25, 0.3) is 0 Å². The summed E-state index contributed by atoms with van der Waals surface area (Å²) in [6.45, 7) is 5.28. The van der Waals surface area contributed by atoms with Gasteiger partial charge in [0.1, 0.15) is 0 Å². The molecule has 3 heteroatoms. The van der Waals surface area contributed by atoms with Crippen molar-refractivity contribution in [2.75, 3.05) is 25.5 Å². The molecule has 0 radical (unpaired) electrons. The summed E-state index contributed by atoms with van der Waals surface area (Å²) in [6.07, 6.45) is 4.91. The van der Waals surface area contributed by atoms with Gasteiger partial charge in [0.2, 0.25) is 0 Å². The Morgan fingerprint density at radius 3 is 2.57 bits per heavy atom. The van der Waals surface area contributed by atoms with E-state index in [1.165, 1.54) is 25.7 Å². The number of hydrogen-bond acceptors (Lipinski definition) is 2. The molecule has 0 saturated carbocycles. The lowest BCUT2D eigenvalue weighted by Crippen LogP contribution is -2.39. The number of halogens is 1. The van der Waals surface area contributed by atoms with E-state index in [0.29, 0.717) is 5.88 Å². The molecule has 0 aliphatic carbocycles. The molecule has 1 aliphatic heterocycles. The molecule has 0 bridgehead atoms. The molecule has 0 amide bonds. The van der Waals surface area contributed by atoms with Crippen LogP contribution in [0.3, 0.4) is 0 Å². The third kappa shape index (κ3) is 4.16. The number of β-amino-alcohol motifs (C(OH)–C–C–N with tert-alkyl or cyclic N) is 1. The maximum atomic E-state index is 9.41. The van der Waals surface area contributed by atoms with Gasteiger partial charge < -0.3 is 10.0 Å². The summed E-state index contributed by atoms with van der Waals surface area (Å²) in [5.41, 5.74) is 0. The molecule has 0 aromatic carbocycles. The van der Waals surface area contributed by atoms with Crippen LogP contribution in [-0.2, 0) is 0 Å². The maximum Gasteiger partial charge on any atom is 0.0802 e. The summed E-state index contributed by atoms with van der Waals surface area (Å²) < 4.78 is 0. The highest BCUT2D eigenvalue weighted by Crippen LogP contribution is 2.21. The van der Waals surface area contributed by atoms with Crippen LogP contribution in [-0.4, -0.2) is 41.6 Å². The molecule has 1 heterocycles. The molecule has 0 aromatic heterocycles. The van der Waals surface area contributed by atoms with Gasteiger partial charge in [0.15, 0.2) is 0 Å².